The number of sulfonamides is 1. The Morgan fingerprint density at radius 3 is 2.69 bits per heavy atom. The van der Waals surface area contributed by atoms with Crippen LogP contribution in [0.5, 0.6) is 0 Å². The lowest BCUT2D eigenvalue weighted by atomic mass is 10.4. The number of nitrogens with one attached hydrogen (secondary N) is 1. The number of amides is 1. The first kappa shape index (κ1) is 21.4. The average Bonchev–Trinajstić information content (AvgIpc) is 3.25. The molecule has 1 aliphatic rings. The molecule has 0 spiro atoms. The second-order valence-electron chi connectivity index (χ2n) is 6.30. The molecule has 3 rings (SSSR count). The van der Waals surface area contributed by atoms with Gasteiger partial charge in [0.2, 0.25) is 10.0 Å². The SMILES string of the molecule is CCOC(=O)c1sc(NC(=O)c2cc(S(=O)(=O)N3CCOCC3)cn2C)nc1C. The van der Waals surface area contributed by atoms with Crippen LogP contribution in [0.3, 0.4) is 0 Å². The van der Waals surface area contributed by atoms with Crippen molar-refractivity contribution in [2.45, 2.75) is 18.7 Å². The number of thiazole rings is 1. The van der Waals surface area contributed by atoms with Crippen molar-refractivity contribution < 1.29 is 27.5 Å². The number of hydrogen-bond donors (Lipinski definition) is 1. The van der Waals surface area contributed by atoms with Gasteiger partial charge in [-0.3, -0.25) is 10.1 Å². The Kier molecular flexibility index (Phi) is 6.36. The third-order valence-electron chi connectivity index (χ3n) is 4.30. The van der Waals surface area contributed by atoms with E-state index in [1.54, 1.807) is 20.9 Å². The van der Waals surface area contributed by atoms with Gasteiger partial charge in [-0.1, -0.05) is 11.3 Å². The number of hydrogen-bond acceptors (Lipinski definition) is 8. The maximum absolute atomic E-state index is 12.8. The summed E-state index contributed by atoms with van der Waals surface area (Å²) in [5, 5.41) is 2.84. The molecule has 0 atom stereocenters. The van der Waals surface area contributed by atoms with Gasteiger partial charge in [0.1, 0.15) is 15.5 Å². The molecule has 0 aliphatic carbocycles. The van der Waals surface area contributed by atoms with Crippen LogP contribution < -0.4 is 5.32 Å². The Morgan fingerprint density at radius 1 is 1.34 bits per heavy atom. The number of rotatable bonds is 6. The first-order chi connectivity index (χ1) is 13.7. The molecule has 2 aromatic rings. The quantitative estimate of drug-likeness (QED) is 0.668. The van der Waals surface area contributed by atoms with E-state index in [9.17, 15) is 18.0 Å². The number of carbonyl (C=O) groups is 2. The second-order valence-corrected chi connectivity index (χ2v) is 9.23. The molecule has 0 bridgehead atoms. The highest BCUT2D eigenvalue weighted by Crippen LogP contribution is 2.25. The van der Waals surface area contributed by atoms with E-state index in [-0.39, 0.29) is 35.4 Å². The van der Waals surface area contributed by atoms with Gasteiger partial charge in [0.25, 0.3) is 5.91 Å². The Bertz CT molecular complexity index is 1020. The zero-order valence-corrected chi connectivity index (χ0v) is 17.9. The fourth-order valence-corrected chi connectivity index (χ4v) is 5.17. The van der Waals surface area contributed by atoms with E-state index in [1.165, 1.54) is 21.1 Å². The second kappa shape index (κ2) is 8.61. The number of anilines is 1. The van der Waals surface area contributed by atoms with E-state index in [0.29, 0.717) is 23.8 Å². The van der Waals surface area contributed by atoms with Gasteiger partial charge in [0.05, 0.1) is 25.5 Å². The minimum absolute atomic E-state index is 0.0366. The minimum Gasteiger partial charge on any atom is -0.462 e. The fourth-order valence-electron chi connectivity index (χ4n) is 2.83. The van der Waals surface area contributed by atoms with E-state index in [2.05, 4.69) is 10.3 Å². The van der Waals surface area contributed by atoms with Crippen molar-refractivity contribution in [2.75, 3.05) is 38.2 Å². The van der Waals surface area contributed by atoms with E-state index in [4.69, 9.17) is 9.47 Å². The van der Waals surface area contributed by atoms with Crippen LogP contribution in [0.4, 0.5) is 5.13 Å². The number of esters is 1. The summed E-state index contributed by atoms with van der Waals surface area (Å²) in [6, 6.07) is 1.33. The molecule has 10 nitrogen and oxygen atoms in total. The Labute approximate surface area is 172 Å². The Morgan fingerprint density at radius 2 is 2.03 bits per heavy atom. The highest BCUT2D eigenvalue weighted by molar-refractivity contribution is 7.89. The monoisotopic (exact) mass is 442 g/mol. The van der Waals surface area contributed by atoms with Crippen LogP contribution in [0.2, 0.25) is 0 Å². The number of ether oxygens (including phenoxy) is 2. The third kappa shape index (κ3) is 4.50. The summed E-state index contributed by atoms with van der Waals surface area (Å²) in [5.74, 6) is -1.03. The summed E-state index contributed by atoms with van der Waals surface area (Å²) in [5.41, 5.74) is 0.605. The average molecular weight is 443 g/mol. The summed E-state index contributed by atoms with van der Waals surface area (Å²) in [4.78, 5) is 29.1. The summed E-state index contributed by atoms with van der Waals surface area (Å²) in [6.45, 7) is 4.81. The molecule has 1 aliphatic heterocycles. The van der Waals surface area contributed by atoms with Gasteiger partial charge in [-0.05, 0) is 19.9 Å². The zero-order chi connectivity index (χ0) is 21.2. The number of carbonyl (C=O) groups excluding carboxylic acids is 2. The van der Waals surface area contributed by atoms with Crippen LogP contribution in [0.1, 0.15) is 32.8 Å². The lowest BCUT2D eigenvalue weighted by Crippen LogP contribution is -2.40. The Hall–Kier alpha value is -2.28. The van der Waals surface area contributed by atoms with Crippen LogP contribution in [0.15, 0.2) is 17.2 Å². The van der Waals surface area contributed by atoms with Crippen LogP contribution in [-0.4, -0.2) is 67.1 Å². The molecule has 0 aromatic carbocycles. The maximum atomic E-state index is 12.8. The summed E-state index contributed by atoms with van der Waals surface area (Å²) in [6.07, 6.45) is 1.40. The third-order valence-corrected chi connectivity index (χ3v) is 7.22. The smallest absolute Gasteiger partial charge is 0.350 e. The predicted molar refractivity (Wildman–Crippen MR) is 106 cm³/mol. The molecule has 12 heteroatoms. The molecule has 2 aromatic heterocycles. The molecule has 0 unspecified atom stereocenters. The number of morpholine rings is 1. The Balaban J connectivity index is 1.79. The molecule has 1 amide bonds. The molecule has 0 saturated carbocycles. The van der Waals surface area contributed by atoms with E-state index in [0.717, 1.165) is 11.3 Å². The molecule has 3 heterocycles. The summed E-state index contributed by atoms with van der Waals surface area (Å²) >= 11 is 1.00. The minimum atomic E-state index is -3.71. The number of nitrogens with zero attached hydrogens (tertiary/aromatic N) is 3. The summed E-state index contributed by atoms with van der Waals surface area (Å²) in [7, 11) is -2.12. The standard InChI is InChI=1S/C17H22N4O6S2/c1-4-27-16(23)14-11(2)18-17(28-14)19-15(22)13-9-12(10-20(13)3)29(24,25)21-5-7-26-8-6-21/h9-10H,4-8H2,1-3H3,(H,18,19,22). The lowest BCUT2D eigenvalue weighted by molar-refractivity contribution is 0.0531. The largest absolute Gasteiger partial charge is 0.462 e. The van der Waals surface area contributed by atoms with Gasteiger partial charge in [-0.2, -0.15) is 4.31 Å². The molecule has 158 valence electrons. The zero-order valence-electron chi connectivity index (χ0n) is 16.3. The molecule has 1 N–H and O–H groups in total. The van der Waals surface area contributed by atoms with Crippen LogP contribution in [-0.2, 0) is 26.5 Å². The highest BCUT2D eigenvalue weighted by atomic mass is 32.2. The first-order valence-electron chi connectivity index (χ1n) is 8.94. The predicted octanol–water partition coefficient (Wildman–Crippen LogP) is 1.24. The molecule has 1 saturated heterocycles. The van der Waals surface area contributed by atoms with Crippen molar-refractivity contribution >= 4 is 38.4 Å². The van der Waals surface area contributed by atoms with Gasteiger partial charge < -0.3 is 14.0 Å². The summed E-state index contributed by atoms with van der Waals surface area (Å²) < 4.78 is 38.5. The first-order valence-corrected chi connectivity index (χ1v) is 11.2. The molecule has 0 radical (unpaired) electrons. The van der Waals surface area contributed by atoms with Crippen molar-refractivity contribution in [3.05, 3.63) is 28.5 Å². The number of aromatic nitrogens is 2. The van der Waals surface area contributed by atoms with Gasteiger partial charge >= 0.3 is 5.97 Å². The van der Waals surface area contributed by atoms with Crippen molar-refractivity contribution in [1.82, 2.24) is 13.9 Å². The van der Waals surface area contributed by atoms with Gasteiger partial charge in [-0.15, -0.1) is 0 Å². The number of aryl methyl sites for hydroxylation is 2. The maximum Gasteiger partial charge on any atom is 0.350 e. The van der Waals surface area contributed by atoms with Gasteiger partial charge in [-0.25, -0.2) is 18.2 Å². The van der Waals surface area contributed by atoms with Crippen molar-refractivity contribution in [3.63, 3.8) is 0 Å². The molecular weight excluding hydrogens is 420 g/mol. The highest BCUT2D eigenvalue weighted by Gasteiger charge is 2.29. The van der Waals surface area contributed by atoms with Gasteiger partial charge in [0.15, 0.2) is 5.13 Å². The van der Waals surface area contributed by atoms with Crippen LogP contribution in [0, 0.1) is 6.92 Å². The molecule has 29 heavy (non-hydrogen) atoms. The topological polar surface area (TPSA) is 120 Å². The van der Waals surface area contributed by atoms with E-state index < -0.39 is 21.9 Å². The van der Waals surface area contributed by atoms with Crippen molar-refractivity contribution in [2.24, 2.45) is 7.05 Å². The van der Waals surface area contributed by atoms with Crippen molar-refractivity contribution in [1.29, 1.82) is 0 Å². The van der Waals surface area contributed by atoms with E-state index in [1.807, 2.05) is 0 Å². The normalized spacial score (nSPS) is 15.3. The van der Waals surface area contributed by atoms with Crippen LogP contribution in [0.25, 0.3) is 0 Å². The van der Waals surface area contributed by atoms with Crippen molar-refractivity contribution in [3.8, 4) is 0 Å². The van der Waals surface area contributed by atoms with Crippen LogP contribution >= 0.6 is 11.3 Å². The lowest BCUT2D eigenvalue weighted by Gasteiger charge is -2.25. The van der Waals surface area contributed by atoms with E-state index >= 15 is 0 Å². The molecular formula is C17H22N4O6S2. The van der Waals surface area contributed by atoms with Gasteiger partial charge in [0, 0.05) is 26.3 Å². The fraction of sp³-hybridized carbons (Fsp3) is 0.471. The molecule has 1 fully saturated rings.